The minimum absolute atomic E-state index is 0.0164. The Labute approximate surface area is 238 Å². The Hall–Kier alpha value is -0.720. The van der Waals surface area contributed by atoms with Gasteiger partial charge in [0.2, 0.25) is 0 Å². The molecule has 2 saturated heterocycles. The number of ether oxygens (including phenoxy) is 3. The van der Waals surface area contributed by atoms with Gasteiger partial charge in [-0.05, 0) is 93.8 Å². The summed E-state index contributed by atoms with van der Waals surface area (Å²) in [5.74, 6) is 3.52. The minimum atomic E-state index is -0.362. The maximum atomic E-state index is 10.2. The van der Waals surface area contributed by atoms with E-state index in [9.17, 15) is 5.11 Å². The molecule has 1 N–H and O–H groups in total. The van der Waals surface area contributed by atoms with Gasteiger partial charge in [-0.25, -0.2) is 0 Å². The van der Waals surface area contributed by atoms with Crippen LogP contribution in [0.5, 0.6) is 0 Å². The monoisotopic (exact) mass is 543 g/mol. The van der Waals surface area contributed by atoms with Crippen molar-refractivity contribution in [1.29, 1.82) is 0 Å². The molecular weight excluding hydrogens is 486 g/mol. The summed E-state index contributed by atoms with van der Waals surface area (Å²) < 4.78 is 18.3. The summed E-state index contributed by atoms with van der Waals surface area (Å²) in [7, 11) is 1.73. The molecule has 2 saturated carbocycles. The van der Waals surface area contributed by atoms with Gasteiger partial charge in [0.05, 0.1) is 37.6 Å². The van der Waals surface area contributed by atoms with Crippen LogP contribution in [-0.2, 0) is 14.2 Å². The fourth-order valence-electron chi connectivity index (χ4n) is 10.0. The Morgan fingerprint density at radius 1 is 1.21 bits per heavy atom. The molecule has 3 aliphatic carbocycles. The van der Waals surface area contributed by atoms with E-state index in [0.29, 0.717) is 42.6 Å². The van der Waals surface area contributed by atoms with Crippen LogP contribution in [0.4, 0.5) is 0 Å². The van der Waals surface area contributed by atoms with Crippen molar-refractivity contribution in [1.82, 2.24) is 4.90 Å². The van der Waals surface area contributed by atoms with Crippen molar-refractivity contribution < 1.29 is 19.3 Å². The van der Waals surface area contributed by atoms with Crippen LogP contribution in [0.15, 0.2) is 23.8 Å². The standard InChI is InChI=1S/C34H57NO4/c1-7-26(36)10-13-33(5)12-8-9-28-27-11-14-34(21-24(3)29(27)20-30(28)33)25(4)32-31(39-34)19-23(2)22-35(32)15-16-38-18-17-37-6/h7,23,25-28,30-32,36H,1,8-22H2,2-6H3/t23-,25+,26+,27-,28-,30-,31+,32-,33+,34-/m0/s1. The van der Waals surface area contributed by atoms with Crippen LogP contribution in [0.1, 0.15) is 91.9 Å². The third-order valence-corrected chi connectivity index (χ3v) is 12.0. The quantitative estimate of drug-likeness (QED) is 0.255. The number of rotatable bonds is 10. The topological polar surface area (TPSA) is 51.2 Å². The predicted octanol–water partition coefficient (Wildman–Crippen LogP) is 6.40. The van der Waals surface area contributed by atoms with E-state index in [0.717, 1.165) is 56.7 Å². The number of likely N-dealkylation sites (tertiary alicyclic amines) is 1. The van der Waals surface area contributed by atoms with Gasteiger partial charge in [-0.3, -0.25) is 4.90 Å². The summed E-state index contributed by atoms with van der Waals surface area (Å²) in [6.45, 7) is 18.0. The highest BCUT2D eigenvalue weighted by molar-refractivity contribution is 5.28. The molecule has 0 aromatic rings. The second kappa shape index (κ2) is 12.3. The van der Waals surface area contributed by atoms with Crippen molar-refractivity contribution in [3.8, 4) is 0 Å². The van der Waals surface area contributed by atoms with Gasteiger partial charge in [-0.15, -0.1) is 6.58 Å². The summed E-state index contributed by atoms with van der Waals surface area (Å²) in [4.78, 5) is 2.71. The van der Waals surface area contributed by atoms with Crippen molar-refractivity contribution in [2.24, 2.45) is 35.0 Å². The van der Waals surface area contributed by atoms with E-state index in [2.05, 4.69) is 39.2 Å². The first-order valence-electron chi connectivity index (χ1n) is 16.2. The zero-order valence-electron chi connectivity index (χ0n) is 25.6. The van der Waals surface area contributed by atoms with E-state index in [1.807, 2.05) is 0 Å². The number of aliphatic hydroxyl groups excluding tert-OH is 1. The van der Waals surface area contributed by atoms with Gasteiger partial charge in [0.25, 0.3) is 0 Å². The normalized spacial score (nSPS) is 43.2. The van der Waals surface area contributed by atoms with Crippen LogP contribution in [0.3, 0.4) is 0 Å². The van der Waals surface area contributed by atoms with Crippen LogP contribution < -0.4 is 0 Å². The molecular formula is C34H57NO4. The van der Waals surface area contributed by atoms with Gasteiger partial charge >= 0.3 is 0 Å². The molecule has 39 heavy (non-hydrogen) atoms. The summed E-state index contributed by atoms with van der Waals surface area (Å²) in [6, 6.07) is 0.505. The van der Waals surface area contributed by atoms with E-state index in [-0.39, 0.29) is 11.7 Å². The first kappa shape index (κ1) is 29.8. The average molecular weight is 544 g/mol. The molecule has 2 heterocycles. The Balaban J connectivity index is 1.31. The lowest BCUT2D eigenvalue weighted by molar-refractivity contribution is -0.0808. The summed E-state index contributed by atoms with van der Waals surface area (Å²) in [6.07, 6.45) is 13.8. The Kier molecular flexibility index (Phi) is 9.35. The van der Waals surface area contributed by atoms with Crippen LogP contribution >= 0.6 is 0 Å². The lowest BCUT2D eigenvalue weighted by atomic mass is 9.60. The van der Waals surface area contributed by atoms with Crippen molar-refractivity contribution in [2.75, 3.05) is 40.0 Å². The van der Waals surface area contributed by atoms with Crippen LogP contribution in [0.2, 0.25) is 0 Å². The molecule has 0 unspecified atom stereocenters. The first-order chi connectivity index (χ1) is 18.7. The molecule has 5 rings (SSSR count). The Morgan fingerprint density at radius 2 is 2.03 bits per heavy atom. The summed E-state index contributed by atoms with van der Waals surface area (Å²) in [5, 5.41) is 10.2. The van der Waals surface area contributed by atoms with Crippen molar-refractivity contribution >= 4 is 0 Å². The third-order valence-electron chi connectivity index (χ3n) is 12.0. The van der Waals surface area contributed by atoms with Gasteiger partial charge in [0.1, 0.15) is 0 Å². The van der Waals surface area contributed by atoms with Gasteiger partial charge in [-0.2, -0.15) is 0 Å². The molecule has 2 aliphatic heterocycles. The SMILES string of the molecule is C=C[C@@H](O)CC[C@@]1(C)CCC[C@H]2[C@@H]3CC[C@@]4(CC(C)=C3C[C@@H]21)O[C@@H]1C[C@H](C)CN(CCOCCOC)[C@H]1[C@H]4C. The fraction of sp³-hybridized carbons (Fsp3) is 0.882. The van der Waals surface area contributed by atoms with Gasteiger partial charge in [0, 0.05) is 32.2 Å². The van der Waals surface area contributed by atoms with Crippen LogP contribution in [-0.4, -0.2) is 73.9 Å². The maximum Gasteiger partial charge on any atom is 0.0765 e. The first-order valence-corrected chi connectivity index (χ1v) is 16.2. The highest BCUT2D eigenvalue weighted by Crippen LogP contribution is 2.62. The van der Waals surface area contributed by atoms with E-state index in [4.69, 9.17) is 14.2 Å². The molecule has 0 aromatic carbocycles. The van der Waals surface area contributed by atoms with Gasteiger partial charge in [0.15, 0.2) is 0 Å². The molecule has 0 radical (unpaired) electrons. The van der Waals surface area contributed by atoms with Crippen LogP contribution in [0.25, 0.3) is 0 Å². The molecule has 0 aromatic heterocycles. The number of hydrogen-bond donors (Lipinski definition) is 1. The highest BCUT2D eigenvalue weighted by Gasteiger charge is 2.58. The predicted molar refractivity (Wildman–Crippen MR) is 158 cm³/mol. The van der Waals surface area contributed by atoms with E-state index in [1.165, 1.54) is 44.9 Å². The smallest absolute Gasteiger partial charge is 0.0765 e. The second-order valence-electron chi connectivity index (χ2n) is 14.4. The fourth-order valence-corrected chi connectivity index (χ4v) is 10.0. The molecule has 10 atom stereocenters. The molecule has 1 spiro atoms. The minimum Gasteiger partial charge on any atom is -0.389 e. The Bertz CT molecular complexity index is 888. The van der Waals surface area contributed by atoms with E-state index in [1.54, 1.807) is 24.3 Å². The number of fused-ring (bicyclic) bond motifs is 4. The Morgan fingerprint density at radius 3 is 2.79 bits per heavy atom. The number of hydrogen-bond acceptors (Lipinski definition) is 5. The zero-order chi connectivity index (χ0) is 27.8. The summed E-state index contributed by atoms with van der Waals surface area (Å²) >= 11 is 0. The highest BCUT2D eigenvalue weighted by atomic mass is 16.5. The largest absolute Gasteiger partial charge is 0.389 e. The molecule has 0 amide bonds. The van der Waals surface area contributed by atoms with E-state index >= 15 is 0 Å². The summed E-state index contributed by atoms with van der Waals surface area (Å²) in [5.41, 5.74) is 3.77. The van der Waals surface area contributed by atoms with Gasteiger partial charge < -0.3 is 19.3 Å². The van der Waals surface area contributed by atoms with Crippen LogP contribution in [0, 0.1) is 35.0 Å². The molecule has 5 heteroatoms. The third kappa shape index (κ3) is 5.82. The number of aliphatic hydroxyl groups is 1. The maximum absolute atomic E-state index is 10.2. The average Bonchev–Trinajstić information content (AvgIpc) is 3.37. The molecule has 5 nitrogen and oxygen atoms in total. The molecule has 222 valence electrons. The number of nitrogens with zero attached hydrogens (tertiary/aromatic N) is 1. The second-order valence-corrected chi connectivity index (χ2v) is 14.4. The van der Waals surface area contributed by atoms with Crippen molar-refractivity contribution in [3.63, 3.8) is 0 Å². The lowest BCUT2D eigenvalue weighted by Gasteiger charge is -2.45. The van der Waals surface area contributed by atoms with E-state index < -0.39 is 0 Å². The van der Waals surface area contributed by atoms with Crippen molar-refractivity contribution in [3.05, 3.63) is 23.8 Å². The lowest BCUT2D eigenvalue weighted by Crippen LogP contribution is -2.52. The number of piperidine rings is 1. The van der Waals surface area contributed by atoms with Gasteiger partial charge in [-0.1, -0.05) is 44.4 Å². The number of allylic oxidation sites excluding steroid dienone is 1. The molecule has 0 bridgehead atoms. The number of methoxy groups -OCH3 is 1. The van der Waals surface area contributed by atoms with Crippen molar-refractivity contribution in [2.45, 2.75) is 116 Å². The molecule has 5 aliphatic rings. The molecule has 4 fully saturated rings. The zero-order valence-corrected chi connectivity index (χ0v) is 25.6.